The van der Waals surface area contributed by atoms with Crippen LogP contribution in [-0.2, 0) is 14.8 Å². The van der Waals surface area contributed by atoms with Crippen molar-refractivity contribution in [2.75, 3.05) is 71.4 Å². The number of anilines is 1. The van der Waals surface area contributed by atoms with Crippen LogP contribution in [0.4, 0.5) is 10.5 Å². The van der Waals surface area contributed by atoms with Crippen LogP contribution >= 0.6 is 0 Å². The van der Waals surface area contributed by atoms with E-state index in [0.29, 0.717) is 18.0 Å². The van der Waals surface area contributed by atoms with Gasteiger partial charge in [0.25, 0.3) is 0 Å². The summed E-state index contributed by atoms with van der Waals surface area (Å²) >= 11 is 0. The number of alkyl carbamates (subject to hydrolysis) is 1. The molecule has 0 saturated carbocycles. The number of amides is 1. The molecule has 2 aromatic carbocycles. The summed E-state index contributed by atoms with van der Waals surface area (Å²) in [6.45, 7) is 12.2. The molecule has 0 aromatic heterocycles. The molecular formula is C27H43N5O4S. The number of sulfonamides is 1. The van der Waals surface area contributed by atoms with Crippen LogP contribution in [0.15, 0.2) is 41.3 Å². The van der Waals surface area contributed by atoms with Gasteiger partial charge >= 0.3 is 6.09 Å². The largest absolute Gasteiger partial charge is 0.444 e. The number of nitrogens with zero attached hydrogens (tertiary/aromatic N) is 3. The average molecular weight is 534 g/mol. The molecule has 1 fully saturated rings. The van der Waals surface area contributed by atoms with Gasteiger partial charge in [-0.05, 0) is 58.8 Å². The first-order valence-electron chi connectivity index (χ1n) is 13.1. The van der Waals surface area contributed by atoms with E-state index in [9.17, 15) is 13.2 Å². The number of carbonyl (C=O) groups is 1. The predicted octanol–water partition coefficient (Wildman–Crippen LogP) is 3.11. The van der Waals surface area contributed by atoms with Crippen molar-refractivity contribution in [2.45, 2.75) is 44.1 Å². The van der Waals surface area contributed by atoms with E-state index in [2.05, 4.69) is 19.8 Å². The Kier molecular flexibility index (Phi) is 10.2. The van der Waals surface area contributed by atoms with Crippen LogP contribution in [0, 0.1) is 0 Å². The van der Waals surface area contributed by atoms with E-state index in [4.69, 9.17) is 4.74 Å². The number of nitrogens with one attached hydrogen (secondary N) is 2. The Hall–Kier alpha value is -2.40. The molecule has 1 aliphatic rings. The lowest BCUT2D eigenvalue weighted by Crippen LogP contribution is -2.47. The zero-order valence-corrected chi connectivity index (χ0v) is 23.7. The molecule has 1 saturated heterocycles. The lowest BCUT2D eigenvalue weighted by atomic mass is 10.1. The molecule has 1 aliphatic heterocycles. The second kappa shape index (κ2) is 12.9. The maximum absolute atomic E-state index is 13.1. The zero-order valence-electron chi connectivity index (χ0n) is 22.9. The Morgan fingerprint density at radius 3 is 2.08 bits per heavy atom. The highest BCUT2D eigenvalue weighted by Crippen LogP contribution is 2.30. The lowest BCUT2D eigenvalue weighted by Gasteiger charge is -2.34. The van der Waals surface area contributed by atoms with Gasteiger partial charge in [0, 0.05) is 69.8 Å². The Balaban J connectivity index is 1.37. The maximum Gasteiger partial charge on any atom is 0.407 e. The highest BCUT2D eigenvalue weighted by atomic mass is 32.2. The monoisotopic (exact) mass is 533 g/mol. The summed E-state index contributed by atoms with van der Waals surface area (Å²) < 4.78 is 34.2. The minimum absolute atomic E-state index is 0.323. The molecule has 37 heavy (non-hydrogen) atoms. The van der Waals surface area contributed by atoms with E-state index in [-0.39, 0.29) is 6.09 Å². The van der Waals surface area contributed by atoms with Gasteiger partial charge in [-0.2, -0.15) is 0 Å². The van der Waals surface area contributed by atoms with E-state index in [1.807, 2.05) is 64.0 Å². The number of piperazine rings is 1. The molecule has 0 spiro atoms. The number of ether oxygens (including phenoxy) is 1. The molecule has 9 nitrogen and oxygen atoms in total. The minimum Gasteiger partial charge on any atom is -0.444 e. The fraction of sp³-hybridized carbons (Fsp3) is 0.593. The Labute approximate surface area is 222 Å². The van der Waals surface area contributed by atoms with Crippen molar-refractivity contribution >= 4 is 32.6 Å². The first kappa shape index (κ1) is 29.2. The van der Waals surface area contributed by atoms with Crippen LogP contribution < -0.4 is 14.9 Å². The number of hydrogen-bond acceptors (Lipinski definition) is 7. The van der Waals surface area contributed by atoms with Crippen molar-refractivity contribution < 1.29 is 17.9 Å². The van der Waals surface area contributed by atoms with Crippen LogP contribution in [0.1, 0.15) is 33.6 Å². The Morgan fingerprint density at radius 2 is 1.49 bits per heavy atom. The number of hydrogen-bond donors (Lipinski definition) is 2. The molecule has 10 heteroatoms. The molecule has 0 bridgehead atoms. The van der Waals surface area contributed by atoms with E-state index in [0.717, 1.165) is 68.6 Å². The summed E-state index contributed by atoms with van der Waals surface area (Å²) in [5, 5.41) is 4.47. The molecule has 2 N–H and O–H groups in total. The minimum atomic E-state index is -3.60. The molecule has 2 aromatic rings. The van der Waals surface area contributed by atoms with Gasteiger partial charge in [-0.3, -0.25) is 0 Å². The highest BCUT2D eigenvalue weighted by molar-refractivity contribution is 7.89. The van der Waals surface area contributed by atoms with Gasteiger partial charge in [-0.25, -0.2) is 17.9 Å². The Morgan fingerprint density at radius 1 is 0.919 bits per heavy atom. The maximum atomic E-state index is 13.1. The van der Waals surface area contributed by atoms with E-state index in [1.165, 1.54) is 0 Å². The second-order valence-electron chi connectivity index (χ2n) is 10.7. The second-order valence-corrected chi connectivity index (χ2v) is 12.5. The zero-order chi connectivity index (χ0) is 27.1. The van der Waals surface area contributed by atoms with E-state index in [1.54, 1.807) is 12.1 Å². The van der Waals surface area contributed by atoms with Crippen LogP contribution in [0.25, 0.3) is 10.8 Å². The van der Waals surface area contributed by atoms with Crippen molar-refractivity contribution in [2.24, 2.45) is 0 Å². The molecule has 1 amide bonds. The topological polar surface area (TPSA) is 94.2 Å². The van der Waals surface area contributed by atoms with Crippen LogP contribution in [0.2, 0.25) is 0 Å². The molecule has 0 radical (unpaired) electrons. The third-order valence-corrected chi connectivity index (χ3v) is 7.88. The van der Waals surface area contributed by atoms with Crippen LogP contribution in [0.5, 0.6) is 0 Å². The quantitative estimate of drug-likeness (QED) is 0.429. The number of rotatable bonds is 11. The smallest absolute Gasteiger partial charge is 0.407 e. The van der Waals surface area contributed by atoms with Crippen molar-refractivity contribution in [1.82, 2.24) is 19.8 Å². The van der Waals surface area contributed by atoms with Crippen LogP contribution in [0.3, 0.4) is 0 Å². The van der Waals surface area contributed by atoms with Gasteiger partial charge in [-0.1, -0.05) is 24.3 Å². The number of carbonyl (C=O) groups excluding carboxylic acids is 1. The molecule has 0 aliphatic carbocycles. The van der Waals surface area contributed by atoms with Crippen LogP contribution in [-0.4, -0.2) is 96.4 Å². The van der Waals surface area contributed by atoms with Gasteiger partial charge in [0.05, 0.1) is 4.90 Å². The van der Waals surface area contributed by atoms with Gasteiger partial charge in [-0.15, -0.1) is 0 Å². The molecule has 0 unspecified atom stereocenters. The summed E-state index contributed by atoms with van der Waals surface area (Å²) in [5.74, 6) is 0. The SMILES string of the molecule is CN(C)c1cccc2c(S(=O)(=O)NCCCN3CCN(CCCNC(=O)OC(C)(C)C)CC3)cccc12. The van der Waals surface area contributed by atoms with Gasteiger partial charge < -0.3 is 24.8 Å². The molecule has 206 valence electrons. The number of fused-ring (bicyclic) bond motifs is 1. The van der Waals surface area contributed by atoms with Crippen molar-refractivity contribution in [3.63, 3.8) is 0 Å². The summed E-state index contributed by atoms with van der Waals surface area (Å²) in [4.78, 5) is 18.8. The van der Waals surface area contributed by atoms with Gasteiger partial charge in [0.2, 0.25) is 10.0 Å². The van der Waals surface area contributed by atoms with E-state index < -0.39 is 15.6 Å². The third-order valence-electron chi connectivity index (χ3n) is 6.36. The summed E-state index contributed by atoms with van der Waals surface area (Å²) in [6.07, 6.45) is 1.27. The Bertz CT molecular complexity index is 1140. The van der Waals surface area contributed by atoms with Gasteiger partial charge in [0.15, 0.2) is 0 Å². The third kappa shape index (κ3) is 8.84. The van der Waals surface area contributed by atoms with Crippen molar-refractivity contribution in [3.05, 3.63) is 36.4 Å². The number of benzene rings is 2. The van der Waals surface area contributed by atoms with Gasteiger partial charge in [0.1, 0.15) is 5.60 Å². The first-order chi connectivity index (χ1) is 17.5. The molecule has 1 heterocycles. The molecule has 0 atom stereocenters. The lowest BCUT2D eigenvalue weighted by molar-refractivity contribution is 0.0524. The molecular weight excluding hydrogens is 490 g/mol. The van der Waals surface area contributed by atoms with Crippen molar-refractivity contribution in [1.29, 1.82) is 0 Å². The summed E-state index contributed by atoms with van der Waals surface area (Å²) in [7, 11) is 0.308. The summed E-state index contributed by atoms with van der Waals surface area (Å²) in [5.41, 5.74) is 0.513. The predicted molar refractivity (Wildman–Crippen MR) is 150 cm³/mol. The first-order valence-corrected chi connectivity index (χ1v) is 14.5. The summed E-state index contributed by atoms with van der Waals surface area (Å²) in [6, 6.07) is 11.2. The molecule has 3 rings (SSSR count). The fourth-order valence-corrected chi connectivity index (χ4v) is 5.81. The standard InChI is InChI=1S/C27H43N5O4S/c1-27(2,3)36-26(33)28-14-8-16-31-18-20-32(21-19-31)17-9-15-29-37(34,35)25-13-7-10-22-23(25)11-6-12-24(22)30(4)5/h6-7,10-13,29H,8-9,14-21H2,1-5H3,(H,28,33). The van der Waals surface area contributed by atoms with E-state index >= 15 is 0 Å². The van der Waals surface area contributed by atoms with Crippen molar-refractivity contribution in [3.8, 4) is 0 Å². The average Bonchev–Trinajstić information content (AvgIpc) is 2.83. The highest BCUT2D eigenvalue weighted by Gasteiger charge is 2.20. The fourth-order valence-electron chi connectivity index (χ4n) is 4.52. The normalized spacial score (nSPS) is 15.6.